The highest BCUT2D eigenvalue weighted by atomic mass is 32.1. The van der Waals surface area contributed by atoms with Crippen LogP contribution in [0.3, 0.4) is 0 Å². The largest absolute Gasteiger partial charge is 0.315 e. The van der Waals surface area contributed by atoms with E-state index in [-0.39, 0.29) is 0 Å². The lowest BCUT2D eigenvalue weighted by Gasteiger charge is -2.34. The number of hydrogen-bond acceptors (Lipinski definition) is 3. The lowest BCUT2D eigenvalue weighted by atomic mass is 10.1. The summed E-state index contributed by atoms with van der Waals surface area (Å²) in [6.45, 7) is 7.15. The van der Waals surface area contributed by atoms with Crippen molar-refractivity contribution >= 4 is 11.3 Å². The number of rotatable bonds is 11. The summed E-state index contributed by atoms with van der Waals surface area (Å²) in [7, 11) is 0. The average molecular weight is 323 g/mol. The molecular weight excluding hydrogens is 288 g/mol. The molecule has 1 unspecified atom stereocenters. The molecule has 0 radical (unpaired) electrons. The van der Waals surface area contributed by atoms with Gasteiger partial charge < -0.3 is 5.32 Å². The zero-order valence-electron chi connectivity index (χ0n) is 14.4. The molecule has 1 atom stereocenters. The van der Waals surface area contributed by atoms with Gasteiger partial charge in [-0.15, -0.1) is 11.3 Å². The maximum atomic E-state index is 3.73. The number of thiophene rings is 1. The Morgan fingerprint density at radius 2 is 1.86 bits per heavy atom. The summed E-state index contributed by atoms with van der Waals surface area (Å²) in [5.74, 6) is 0. The van der Waals surface area contributed by atoms with Gasteiger partial charge in [-0.25, -0.2) is 0 Å². The molecule has 0 aliphatic carbocycles. The van der Waals surface area contributed by atoms with Crippen LogP contribution in [0.1, 0.15) is 75.6 Å². The topological polar surface area (TPSA) is 15.3 Å². The lowest BCUT2D eigenvalue weighted by molar-refractivity contribution is 0.162. The fourth-order valence-corrected chi connectivity index (χ4v) is 4.25. The first-order chi connectivity index (χ1) is 10.9. The van der Waals surface area contributed by atoms with Gasteiger partial charge in [0.25, 0.3) is 0 Å². The van der Waals surface area contributed by atoms with E-state index in [1.54, 1.807) is 0 Å². The minimum atomic E-state index is 0.598. The molecule has 1 aliphatic heterocycles. The summed E-state index contributed by atoms with van der Waals surface area (Å²) in [6.07, 6.45) is 12.5. The fourth-order valence-electron chi connectivity index (χ4n) is 3.39. The van der Waals surface area contributed by atoms with Crippen LogP contribution < -0.4 is 5.32 Å². The molecular formula is C19H34N2S. The maximum Gasteiger partial charge on any atom is 0.0566 e. The summed E-state index contributed by atoms with van der Waals surface area (Å²) in [4.78, 5) is 4.24. The van der Waals surface area contributed by atoms with Crippen LogP contribution in [0.15, 0.2) is 17.5 Å². The molecule has 0 saturated carbocycles. The minimum absolute atomic E-state index is 0.598. The SMILES string of the molecule is CCCCCCCCNCC(c1cccs1)N1CCCCC1. The van der Waals surface area contributed by atoms with E-state index in [1.165, 1.54) is 82.3 Å². The van der Waals surface area contributed by atoms with Crippen molar-refractivity contribution < 1.29 is 0 Å². The van der Waals surface area contributed by atoms with Gasteiger partial charge >= 0.3 is 0 Å². The molecule has 0 spiro atoms. The van der Waals surface area contributed by atoms with Crippen molar-refractivity contribution in [1.82, 2.24) is 10.2 Å². The van der Waals surface area contributed by atoms with Gasteiger partial charge in [0, 0.05) is 11.4 Å². The normalized spacial score (nSPS) is 17.7. The number of unbranched alkanes of at least 4 members (excludes halogenated alkanes) is 5. The molecule has 3 heteroatoms. The van der Waals surface area contributed by atoms with E-state index < -0.39 is 0 Å². The Kier molecular flexibility index (Phi) is 9.15. The van der Waals surface area contributed by atoms with Crippen molar-refractivity contribution in [3.8, 4) is 0 Å². The molecule has 1 aromatic heterocycles. The van der Waals surface area contributed by atoms with Crippen molar-refractivity contribution in [1.29, 1.82) is 0 Å². The zero-order chi connectivity index (χ0) is 15.5. The molecule has 126 valence electrons. The van der Waals surface area contributed by atoms with E-state index in [0.29, 0.717) is 6.04 Å². The fraction of sp³-hybridized carbons (Fsp3) is 0.789. The van der Waals surface area contributed by atoms with E-state index in [1.807, 2.05) is 11.3 Å². The molecule has 1 N–H and O–H groups in total. The van der Waals surface area contributed by atoms with Gasteiger partial charge in [0.1, 0.15) is 0 Å². The first-order valence-electron chi connectivity index (χ1n) is 9.40. The minimum Gasteiger partial charge on any atom is -0.315 e. The third-order valence-electron chi connectivity index (χ3n) is 4.75. The van der Waals surface area contributed by atoms with Crippen LogP contribution in [0.25, 0.3) is 0 Å². The van der Waals surface area contributed by atoms with Gasteiger partial charge in [0.15, 0.2) is 0 Å². The second-order valence-corrected chi connectivity index (χ2v) is 7.58. The van der Waals surface area contributed by atoms with Crippen LogP contribution in [0.4, 0.5) is 0 Å². The summed E-state index contributed by atoms with van der Waals surface area (Å²) < 4.78 is 0. The molecule has 2 rings (SSSR count). The monoisotopic (exact) mass is 322 g/mol. The Morgan fingerprint density at radius 1 is 1.09 bits per heavy atom. The molecule has 1 aliphatic rings. The first-order valence-corrected chi connectivity index (χ1v) is 10.3. The van der Waals surface area contributed by atoms with Crippen LogP contribution in [0.2, 0.25) is 0 Å². The Morgan fingerprint density at radius 3 is 2.59 bits per heavy atom. The van der Waals surface area contributed by atoms with Gasteiger partial charge in [-0.3, -0.25) is 4.90 Å². The van der Waals surface area contributed by atoms with E-state index >= 15 is 0 Å². The first kappa shape index (κ1) is 18.0. The maximum absolute atomic E-state index is 3.73. The quantitative estimate of drug-likeness (QED) is 0.562. The Balaban J connectivity index is 1.67. The third-order valence-corrected chi connectivity index (χ3v) is 5.72. The number of likely N-dealkylation sites (tertiary alicyclic amines) is 1. The highest BCUT2D eigenvalue weighted by Gasteiger charge is 2.22. The highest BCUT2D eigenvalue weighted by molar-refractivity contribution is 7.10. The van der Waals surface area contributed by atoms with E-state index in [9.17, 15) is 0 Å². The van der Waals surface area contributed by atoms with Crippen LogP contribution >= 0.6 is 11.3 Å². The lowest BCUT2D eigenvalue weighted by Crippen LogP contribution is -2.39. The molecule has 1 saturated heterocycles. The van der Waals surface area contributed by atoms with Crippen molar-refractivity contribution in [3.63, 3.8) is 0 Å². The average Bonchev–Trinajstić information content (AvgIpc) is 3.08. The van der Waals surface area contributed by atoms with E-state index in [0.717, 1.165) is 6.54 Å². The van der Waals surface area contributed by atoms with Crippen LogP contribution in [-0.4, -0.2) is 31.1 Å². The van der Waals surface area contributed by atoms with E-state index in [2.05, 4.69) is 34.7 Å². The Bertz CT molecular complexity index is 358. The second kappa shape index (κ2) is 11.2. The summed E-state index contributed by atoms with van der Waals surface area (Å²) >= 11 is 1.92. The van der Waals surface area contributed by atoms with E-state index in [4.69, 9.17) is 0 Å². The summed E-state index contributed by atoms with van der Waals surface area (Å²) in [6, 6.07) is 5.11. The standard InChI is InChI=1S/C19H34N2S/c1-2-3-4-5-6-8-13-20-17-18(19-12-11-16-22-19)21-14-9-7-10-15-21/h11-12,16,18,20H,2-10,13-15,17H2,1H3. The van der Waals surface area contributed by atoms with Crippen LogP contribution in [0.5, 0.6) is 0 Å². The van der Waals surface area contributed by atoms with Gasteiger partial charge in [-0.2, -0.15) is 0 Å². The van der Waals surface area contributed by atoms with Crippen molar-refractivity contribution in [2.75, 3.05) is 26.2 Å². The van der Waals surface area contributed by atoms with Gasteiger partial charge in [-0.05, 0) is 50.3 Å². The second-order valence-electron chi connectivity index (χ2n) is 6.60. The third kappa shape index (κ3) is 6.39. The number of nitrogens with zero attached hydrogens (tertiary/aromatic N) is 1. The Hall–Kier alpha value is -0.380. The molecule has 22 heavy (non-hydrogen) atoms. The zero-order valence-corrected chi connectivity index (χ0v) is 15.2. The van der Waals surface area contributed by atoms with Gasteiger partial charge in [-0.1, -0.05) is 51.5 Å². The predicted octanol–water partition coefficient (Wildman–Crippen LogP) is 5.23. The molecule has 0 bridgehead atoms. The number of piperidine rings is 1. The number of nitrogens with one attached hydrogen (secondary N) is 1. The molecule has 2 heterocycles. The number of hydrogen-bond donors (Lipinski definition) is 1. The van der Waals surface area contributed by atoms with Crippen molar-refractivity contribution in [2.24, 2.45) is 0 Å². The summed E-state index contributed by atoms with van der Waals surface area (Å²) in [5.41, 5.74) is 0. The predicted molar refractivity (Wildman–Crippen MR) is 98.7 cm³/mol. The molecule has 2 nitrogen and oxygen atoms in total. The van der Waals surface area contributed by atoms with Crippen molar-refractivity contribution in [3.05, 3.63) is 22.4 Å². The molecule has 0 amide bonds. The van der Waals surface area contributed by atoms with Gasteiger partial charge in [0.2, 0.25) is 0 Å². The molecule has 0 aromatic carbocycles. The molecule has 1 aromatic rings. The highest BCUT2D eigenvalue weighted by Crippen LogP contribution is 2.27. The Labute approximate surface area is 141 Å². The van der Waals surface area contributed by atoms with Crippen LogP contribution in [-0.2, 0) is 0 Å². The molecule has 1 fully saturated rings. The van der Waals surface area contributed by atoms with Crippen LogP contribution in [0, 0.1) is 0 Å². The smallest absolute Gasteiger partial charge is 0.0566 e. The van der Waals surface area contributed by atoms with Gasteiger partial charge in [0.05, 0.1) is 6.04 Å². The summed E-state index contributed by atoms with van der Waals surface area (Å²) in [5, 5.41) is 5.95. The van der Waals surface area contributed by atoms with Crippen molar-refractivity contribution in [2.45, 2.75) is 70.8 Å².